The van der Waals surface area contributed by atoms with Crippen LogP contribution >= 0.6 is 11.3 Å². The van der Waals surface area contributed by atoms with Crippen LogP contribution in [-0.2, 0) is 12.8 Å². The van der Waals surface area contributed by atoms with Crippen molar-refractivity contribution in [2.24, 2.45) is 5.10 Å². The highest BCUT2D eigenvalue weighted by Crippen LogP contribution is 2.45. The molecule has 0 unspecified atom stereocenters. The topological polar surface area (TPSA) is 58.4 Å². The summed E-state index contributed by atoms with van der Waals surface area (Å²) in [7, 11) is 0. The highest BCUT2D eigenvalue weighted by atomic mass is 32.1. The van der Waals surface area contributed by atoms with E-state index in [1.165, 1.54) is 17.4 Å². The lowest BCUT2D eigenvalue weighted by Crippen LogP contribution is -2.58. The van der Waals surface area contributed by atoms with Crippen LogP contribution in [0.5, 0.6) is 0 Å². The van der Waals surface area contributed by atoms with Gasteiger partial charge in [0, 0.05) is 27.5 Å². The van der Waals surface area contributed by atoms with Gasteiger partial charge in [0.05, 0.1) is 11.8 Å². The summed E-state index contributed by atoms with van der Waals surface area (Å²) >= 11 is 1.43. The van der Waals surface area contributed by atoms with Gasteiger partial charge in [0.25, 0.3) is 5.91 Å². The average Bonchev–Trinajstić information content (AvgIpc) is 3.35. The maximum Gasteiger partial charge on any atom is 0.462 e. The Morgan fingerprint density at radius 3 is 2.34 bits per heavy atom. The van der Waals surface area contributed by atoms with Crippen molar-refractivity contribution in [3.05, 3.63) is 69.4 Å². The number of anilines is 1. The lowest BCUT2D eigenvalue weighted by atomic mass is 9.95. The third-order valence-corrected chi connectivity index (χ3v) is 7.52. The molecule has 2 heterocycles. The number of thiophene rings is 1. The van der Waals surface area contributed by atoms with Crippen molar-refractivity contribution in [1.29, 1.82) is 0 Å². The molecule has 38 heavy (non-hydrogen) atoms. The number of rotatable bonds is 7. The van der Waals surface area contributed by atoms with Gasteiger partial charge >= 0.3 is 18.1 Å². The fraction of sp³-hybridized carbons (Fsp3) is 0.360. The summed E-state index contributed by atoms with van der Waals surface area (Å²) in [5, 5.41) is 6.48. The Hall–Kier alpha value is -3.35. The first-order valence-corrected chi connectivity index (χ1v) is 12.4. The van der Waals surface area contributed by atoms with Gasteiger partial charge < -0.3 is 9.88 Å². The van der Waals surface area contributed by atoms with Gasteiger partial charge in [-0.3, -0.25) is 4.79 Å². The number of hydrogen-bond acceptors (Lipinski definition) is 4. The van der Waals surface area contributed by atoms with E-state index >= 15 is 0 Å². The van der Waals surface area contributed by atoms with Crippen LogP contribution < -0.4 is 10.7 Å². The summed E-state index contributed by atoms with van der Waals surface area (Å²) in [6.07, 6.45) is -2.33. The smallest absolute Gasteiger partial charge is 0.322 e. The molecular formula is C25H23F7N4OS. The fourth-order valence-corrected chi connectivity index (χ4v) is 5.82. The van der Waals surface area contributed by atoms with Crippen molar-refractivity contribution in [1.82, 2.24) is 9.99 Å². The maximum atomic E-state index is 13.6. The number of carbonyl (C=O) groups excluding carboxylic acids is 1. The largest absolute Gasteiger partial charge is 0.462 e. The first-order chi connectivity index (χ1) is 17.7. The number of nitrogens with zero attached hydrogens (tertiary/aromatic N) is 2. The van der Waals surface area contributed by atoms with Crippen molar-refractivity contribution < 1.29 is 35.5 Å². The Labute approximate surface area is 217 Å². The number of fused-ring (bicyclic) bond motifs is 1. The number of para-hydroxylation sites is 1. The first-order valence-electron chi connectivity index (χ1n) is 11.6. The number of nitrogens with one attached hydrogen (secondary N) is 2. The van der Waals surface area contributed by atoms with Crippen molar-refractivity contribution in [2.75, 3.05) is 5.32 Å². The predicted octanol–water partition coefficient (Wildman–Crippen LogP) is 7.00. The standard InChI is InChI=1S/C25H23F7N4OS/c1-14-12-16(13-33-35-25(31,32)23(26,27)24(28,29)30)15(2)36(14)22-20(18-10-6-7-11-19(18)38-22)21(37)34-17-8-4-3-5-9-17/h3-5,8-9,12-13,35H,6-7,10-11H2,1-2H3,(H,34,37)/b33-13+. The minimum atomic E-state index is -6.47. The molecule has 0 saturated carbocycles. The minimum absolute atomic E-state index is 0.196. The molecule has 204 valence electrons. The number of carbonyl (C=O) groups is 1. The molecule has 0 atom stereocenters. The van der Waals surface area contributed by atoms with Gasteiger partial charge in [0.1, 0.15) is 5.00 Å². The number of alkyl halides is 7. The third-order valence-electron chi connectivity index (χ3n) is 6.24. The highest BCUT2D eigenvalue weighted by Gasteiger charge is 2.73. The van der Waals surface area contributed by atoms with E-state index in [0.29, 0.717) is 39.5 Å². The normalized spacial score (nSPS) is 14.6. The third kappa shape index (κ3) is 5.03. The van der Waals surface area contributed by atoms with Crippen LogP contribution in [0.3, 0.4) is 0 Å². The van der Waals surface area contributed by atoms with Gasteiger partial charge in [-0.15, -0.1) is 11.3 Å². The summed E-state index contributed by atoms with van der Waals surface area (Å²) in [6, 6.07) is 4.74. The maximum absolute atomic E-state index is 13.6. The number of aromatic nitrogens is 1. The first kappa shape index (κ1) is 27.7. The molecule has 2 aromatic heterocycles. The van der Waals surface area contributed by atoms with Crippen molar-refractivity contribution in [3.8, 4) is 5.00 Å². The molecule has 0 bridgehead atoms. The van der Waals surface area contributed by atoms with E-state index in [1.54, 1.807) is 42.7 Å². The molecule has 5 nitrogen and oxygen atoms in total. The molecule has 1 aromatic carbocycles. The van der Waals surface area contributed by atoms with E-state index in [0.717, 1.165) is 35.9 Å². The average molecular weight is 561 g/mol. The molecule has 4 rings (SSSR count). The Morgan fingerprint density at radius 1 is 1.03 bits per heavy atom. The Balaban J connectivity index is 1.68. The number of hydrazone groups is 1. The Bertz CT molecular complexity index is 1360. The molecule has 0 saturated heterocycles. The minimum Gasteiger partial charge on any atom is -0.322 e. The van der Waals surface area contributed by atoms with Gasteiger partial charge in [-0.05, 0) is 63.3 Å². The van der Waals surface area contributed by atoms with E-state index in [1.807, 2.05) is 6.07 Å². The molecule has 0 radical (unpaired) electrons. The molecule has 3 aromatic rings. The zero-order valence-corrected chi connectivity index (χ0v) is 21.0. The van der Waals surface area contributed by atoms with Crippen molar-refractivity contribution >= 4 is 29.1 Å². The van der Waals surface area contributed by atoms with Crippen molar-refractivity contribution in [2.45, 2.75) is 57.7 Å². The zero-order chi connectivity index (χ0) is 27.9. The molecule has 0 fully saturated rings. The molecule has 2 N–H and O–H groups in total. The molecular weight excluding hydrogens is 537 g/mol. The fourth-order valence-electron chi connectivity index (χ4n) is 4.32. The molecule has 1 aliphatic carbocycles. The number of hydrogen-bond donors (Lipinski definition) is 2. The van der Waals surface area contributed by atoms with E-state index in [-0.39, 0.29) is 11.5 Å². The monoisotopic (exact) mass is 560 g/mol. The van der Waals surface area contributed by atoms with Crippen LogP contribution in [0.1, 0.15) is 50.6 Å². The quantitative estimate of drug-likeness (QED) is 0.142. The van der Waals surface area contributed by atoms with Gasteiger partial charge in [-0.25, -0.2) is 5.43 Å². The molecule has 1 amide bonds. The SMILES string of the molecule is Cc1cc(/C=N/NC(F)(F)C(F)(F)C(F)(F)F)c(C)n1-c1sc2c(c1C(=O)Nc1ccccc1)CCCC2. The second kappa shape index (κ2) is 10.1. The van der Waals surface area contributed by atoms with Crippen LogP contribution in [0.25, 0.3) is 5.00 Å². The van der Waals surface area contributed by atoms with E-state index < -0.39 is 18.1 Å². The summed E-state index contributed by atoms with van der Waals surface area (Å²) < 4.78 is 92.2. The molecule has 0 aliphatic heterocycles. The Morgan fingerprint density at radius 2 is 1.68 bits per heavy atom. The molecule has 1 aliphatic rings. The number of halogens is 7. The van der Waals surface area contributed by atoms with E-state index in [2.05, 4.69) is 10.4 Å². The number of benzene rings is 1. The van der Waals surface area contributed by atoms with E-state index in [9.17, 15) is 35.5 Å². The summed E-state index contributed by atoms with van der Waals surface area (Å²) in [6.45, 7) is 3.30. The lowest BCUT2D eigenvalue weighted by molar-refractivity contribution is -0.361. The molecule has 13 heteroatoms. The summed E-state index contributed by atoms with van der Waals surface area (Å²) in [4.78, 5) is 14.5. The zero-order valence-electron chi connectivity index (χ0n) is 20.2. The molecule has 0 spiro atoms. The van der Waals surface area contributed by atoms with Crippen LogP contribution in [0.2, 0.25) is 0 Å². The van der Waals surface area contributed by atoms with Crippen molar-refractivity contribution in [3.63, 3.8) is 0 Å². The second-order valence-corrected chi connectivity index (χ2v) is 9.97. The summed E-state index contributed by atoms with van der Waals surface area (Å²) in [5.41, 5.74) is 3.88. The Kier molecular flexibility index (Phi) is 7.34. The van der Waals surface area contributed by atoms with Gasteiger partial charge in [-0.1, -0.05) is 18.2 Å². The van der Waals surface area contributed by atoms with Crippen LogP contribution in [0, 0.1) is 13.8 Å². The number of aryl methyl sites for hydroxylation is 2. The second-order valence-electron chi connectivity index (χ2n) is 8.89. The van der Waals surface area contributed by atoms with Gasteiger partial charge in [-0.2, -0.15) is 35.8 Å². The van der Waals surface area contributed by atoms with Crippen LogP contribution in [0.15, 0.2) is 41.5 Å². The van der Waals surface area contributed by atoms with Gasteiger partial charge in [0.2, 0.25) is 0 Å². The van der Waals surface area contributed by atoms with Crippen LogP contribution in [-0.4, -0.2) is 34.8 Å². The highest BCUT2D eigenvalue weighted by molar-refractivity contribution is 7.15. The number of amides is 1. The predicted molar refractivity (Wildman–Crippen MR) is 131 cm³/mol. The lowest BCUT2D eigenvalue weighted by Gasteiger charge is -2.27. The van der Waals surface area contributed by atoms with Gasteiger partial charge in [0.15, 0.2) is 0 Å². The van der Waals surface area contributed by atoms with Crippen LogP contribution in [0.4, 0.5) is 36.4 Å². The summed E-state index contributed by atoms with van der Waals surface area (Å²) in [5.74, 6) is -6.64. The van der Waals surface area contributed by atoms with E-state index in [4.69, 9.17) is 0 Å².